The molecule has 0 N–H and O–H groups in total. The molecule has 0 aromatic carbocycles. The zero-order valence-corrected chi connectivity index (χ0v) is 12.5. The predicted molar refractivity (Wildman–Crippen MR) is 78.8 cm³/mol. The third-order valence-electron chi connectivity index (χ3n) is 3.10. The van der Waals surface area contributed by atoms with E-state index in [0.717, 1.165) is 6.61 Å². The van der Waals surface area contributed by atoms with Gasteiger partial charge in [0, 0.05) is 13.7 Å². The molecule has 0 amide bonds. The Balaban J connectivity index is 2.90. The van der Waals surface area contributed by atoms with Gasteiger partial charge in [-0.3, -0.25) is 0 Å². The summed E-state index contributed by atoms with van der Waals surface area (Å²) in [6.45, 7) is 3.38. The Morgan fingerprint density at radius 1 is 0.778 bits per heavy atom. The van der Waals surface area contributed by atoms with Crippen molar-refractivity contribution in [2.75, 3.05) is 20.5 Å². The quantitative estimate of drug-likeness (QED) is 0.245. The van der Waals surface area contributed by atoms with Crippen LogP contribution in [0, 0.1) is 0 Å². The first-order valence-electron chi connectivity index (χ1n) is 7.59. The first-order valence-corrected chi connectivity index (χ1v) is 7.59. The smallest absolute Gasteiger partial charge is 0.146 e. The van der Waals surface area contributed by atoms with Gasteiger partial charge >= 0.3 is 0 Å². The molecular weight excluding hydrogens is 224 g/mol. The summed E-state index contributed by atoms with van der Waals surface area (Å²) in [6.07, 6.45) is 17.9. The number of rotatable bonds is 14. The average molecular weight is 256 g/mol. The van der Waals surface area contributed by atoms with E-state index in [9.17, 15) is 0 Å². The van der Waals surface area contributed by atoms with Crippen LogP contribution in [-0.4, -0.2) is 20.5 Å². The third-order valence-corrected chi connectivity index (χ3v) is 3.10. The minimum Gasteiger partial charge on any atom is -0.359 e. The molecular formula is C16H32O2. The Hall–Kier alpha value is -0.340. The Bertz CT molecular complexity index is 166. The van der Waals surface area contributed by atoms with E-state index in [0.29, 0.717) is 6.79 Å². The molecule has 2 nitrogen and oxygen atoms in total. The molecule has 0 unspecified atom stereocenters. The summed E-state index contributed by atoms with van der Waals surface area (Å²) in [6, 6.07) is 0. The largest absolute Gasteiger partial charge is 0.359 e. The molecule has 0 aliphatic carbocycles. The number of hydrogen-bond acceptors (Lipinski definition) is 2. The van der Waals surface area contributed by atoms with Crippen molar-refractivity contribution in [3.8, 4) is 0 Å². The molecule has 0 fully saturated rings. The van der Waals surface area contributed by atoms with Gasteiger partial charge in [-0.25, -0.2) is 0 Å². The van der Waals surface area contributed by atoms with E-state index in [2.05, 4.69) is 19.1 Å². The Labute approximate surface area is 114 Å². The predicted octanol–water partition coefficient (Wildman–Crippen LogP) is 5.08. The lowest BCUT2D eigenvalue weighted by Gasteiger charge is -2.03. The maximum atomic E-state index is 5.25. The van der Waals surface area contributed by atoms with Crippen molar-refractivity contribution in [3.63, 3.8) is 0 Å². The van der Waals surface area contributed by atoms with E-state index in [1.54, 1.807) is 7.11 Å². The maximum Gasteiger partial charge on any atom is 0.146 e. The molecule has 0 saturated heterocycles. The standard InChI is InChI=1S/C16H32O2/c1-3-4-5-6-7-8-9-10-11-12-13-14-15-18-16-17-2/h3-4H,5-16H2,1-2H3/b4-3+. The van der Waals surface area contributed by atoms with E-state index in [4.69, 9.17) is 9.47 Å². The summed E-state index contributed by atoms with van der Waals surface area (Å²) in [4.78, 5) is 0. The molecule has 0 aliphatic heterocycles. The molecule has 0 spiro atoms. The van der Waals surface area contributed by atoms with Crippen LogP contribution in [0.5, 0.6) is 0 Å². The van der Waals surface area contributed by atoms with Gasteiger partial charge in [-0.15, -0.1) is 0 Å². The van der Waals surface area contributed by atoms with Crippen molar-refractivity contribution < 1.29 is 9.47 Å². The van der Waals surface area contributed by atoms with Crippen molar-refractivity contribution in [3.05, 3.63) is 12.2 Å². The van der Waals surface area contributed by atoms with E-state index in [-0.39, 0.29) is 0 Å². The SMILES string of the molecule is C/C=C/CCCCCCCCCCCOCOC. The van der Waals surface area contributed by atoms with E-state index in [1.807, 2.05) is 0 Å². The van der Waals surface area contributed by atoms with Gasteiger partial charge in [0.25, 0.3) is 0 Å². The minimum atomic E-state index is 0.438. The van der Waals surface area contributed by atoms with Crippen molar-refractivity contribution in [1.82, 2.24) is 0 Å². The third kappa shape index (κ3) is 15.7. The second-order valence-electron chi connectivity index (χ2n) is 4.85. The van der Waals surface area contributed by atoms with Crippen LogP contribution in [0.15, 0.2) is 12.2 Å². The van der Waals surface area contributed by atoms with Crippen molar-refractivity contribution in [1.29, 1.82) is 0 Å². The van der Waals surface area contributed by atoms with Crippen LogP contribution in [0.1, 0.15) is 71.1 Å². The fourth-order valence-electron chi connectivity index (χ4n) is 2.01. The van der Waals surface area contributed by atoms with E-state index in [1.165, 1.54) is 64.2 Å². The van der Waals surface area contributed by atoms with Gasteiger partial charge in [0.15, 0.2) is 0 Å². The minimum absolute atomic E-state index is 0.438. The molecule has 0 atom stereocenters. The molecule has 0 aromatic heterocycles. The Morgan fingerprint density at radius 2 is 1.33 bits per heavy atom. The molecule has 0 radical (unpaired) electrons. The van der Waals surface area contributed by atoms with E-state index < -0.39 is 0 Å². The van der Waals surface area contributed by atoms with Gasteiger partial charge in [0.1, 0.15) is 6.79 Å². The lowest BCUT2D eigenvalue weighted by Crippen LogP contribution is -1.98. The highest BCUT2D eigenvalue weighted by molar-refractivity contribution is 4.76. The number of ether oxygens (including phenoxy) is 2. The fraction of sp³-hybridized carbons (Fsp3) is 0.875. The summed E-state index contributed by atoms with van der Waals surface area (Å²) in [7, 11) is 1.67. The number of hydrogen-bond donors (Lipinski definition) is 0. The summed E-state index contributed by atoms with van der Waals surface area (Å²) < 4.78 is 10.1. The average Bonchev–Trinajstić information content (AvgIpc) is 2.39. The monoisotopic (exact) mass is 256 g/mol. The van der Waals surface area contributed by atoms with Gasteiger partial charge in [-0.05, 0) is 26.2 Å². The Morgan fingerprint density at radius 3 is 1.89 bits per heavy atom. The van der Waals surface area contributed by atoms with Crippen LogP contribution in [-0.2, 0) is 9.47 Å². The number of allylic oxidation sites excluding steroid dienone is 2. The zero-order chi connectivity index (χ0) is 13.3. The number of unbranched alkanes of at least 4 members (excludes halogenated alkanes) is 9. The highest BCUT2D eigenvalue weighted by Crippen LogP contribution is 2.10. The highest BCUT2D eigenvalue weighted by atomic mass is 16.7. The molecule has 2 heteroatoms. The van der Waals surface area contributed by atoms with Crippen LogP contribution in [0.4, 0.5) is 0 Å². The molecule has 0 aromatic rings. The fourth-order valence-corrected chi connectivity index (χ4v) is 2.01. The topological polar surface area (TPSA) is 18.5 Å². The lowest BCUT2D eigenvalue weighted by molar-refractivity contribution is -0.0315. The van der Waals surface area contributed by atoms with Crippen LogP contribution in [0.3, 0.4) is 0 Å². The molecule has 0 bridgehead atoms. The second kappa shape index (κ2) is 16.7. The lowest BCUT2D eigenvalue weighted by atomic mass is 10.1. The summed E-state index contributed by atoms with van der Waals surface area (Å²) in [5.74, 6) is 0. The first kappa shape index (κ1) is 17.7. The van der Waals surface area contributed by atoms with Gasteiger partial charge in [-0.1, -0.05) is 57.1 Å². The van der Waals surface area contributed by atoms with E-state index >= 15 is 0 Å². The molecule has 108 valence electrons. The van der Waals surface area contributed by atoms with Crippen molar-refractivity contribution >= 4 is 0 Å². The Kier molecular flexibility index (Phi) is 16.3. The summed E-state index contributed by atoms with van der Waals surface area (Å²) in [5.41, 5.74) is 0. The highest BCUT2D eigenvalue weighted by Gasteiger charge is 1.93. The van der Waals surface area contributed by atoms with Crippen LogP contribution >= 0.6 is 0 Å². The van der Waals surface area contributed by atoms with Crippen LogP contribution in [0.25, 0.3) is 0 Å². The molecule has 0 rings (SSSR count). The molecule has 18 heavy (non-hydrogen) atoms. The maximum absolute atomic E-state index is 5.25. The van der Waals surface area contributed by atoms with Crippen molar-refractivity contribution in [2.45, 2.75) is 71.1 Å². The van der Waals surface area contributed by atoms with Crippen LogP contribution in [0.2, 0.25) is 0 Å². The zero-order valence-electron chi connectivity index (χ0n) is 12.5. The van der Waals surface area contributed by atoms with Gasteiger partial charge in [0.2, 0.25) is 0 Å². The molecule has 0 aliphatic rings. The summed E-state index contributed by atoms with van der Waals surface area (Å²) >= 11 is 0. The summed E-state index contributed by atoms with van der Waals surface area (Å²) in [5, 5.41) is 0. The molecule has 0 heterocycles. The van der Waals surface area contributed by atoms with Gasteiger partial charge in [0.05, 0.1) is 0 Å². The number of methoxy groups -OCH3 is 1. The van der Waals surface area contributed by atoms with Crippen LogP contribution < -0.4 is 0 Å². The first-order chi connectivity index (χ1) is 8.91. The molecule has 0 saturated carbocycles. The van der Waals surface area contributed by atoms with Gasteiger partial charge < -0.3 is 9.47 Å². The van der Waals surface area contributed by atoms with Crippen molar-refractivity contribution in [2.24, 2.45) is 0 Å². The second-order valence-corrected chi connectivity index (χ2v) is 4.85. The van der Waals surface area contributed by atoms with Gasteiger partial charge in [-0.2, -0.15) is 0 Å². The normalized spacial score (nSPS) is 11.4.